The molecule has 8 heteroatoms. The Bertz CT molecular complexity index is 4760. The normalized spacial score (nSPS) is 11.5. The summed E-state index contributed by atoms with van der Waals surface area (Å²) in [4.78, 5) is 32.0. The lowest BCUT2D eigenvalue weighted by Gasteiger charge is -2.18. The first-order chi connectivity index (χ1) is 42.6. The maximum absolute atomic E-state index is 5.43. The minimum Gasteiger partial charge on any atom is -0.309 e. The summed E-state index contributed by atoms with van der Waals surface area (Å²) in [5.74, 6) is 3.38. The molecule has 0 aliphatic rings. The van der Waals surface area contributed by atoms with Crippen molar-refractivity contribution in [3.63, 3.8) is 0 Å². The van der Waals surface area contributed by atoms with Gasteiger partial charge in [-0.1, -0.05) is 243 Å². The molecule has 0 N–H and O–H groups in total. The first-order valence-electron chi connectivity index (χ1n) is 28.8. The molecule has 86 heavy (non-hydrogen) atoms. The van der Waals surface area contributed by atoms with Gasteiger partial charge in [0.1, 0.15) is 0 Å². The highest BCUT2D eigenvalue weighted by molar-refractivity contribution is 6.12. The Morgan fingerprint density at radius 2 is 0.430 bits per heavy atom. The second-order valence-corrected chi connectivity index (χ2v) is 21.4. The van der Waals surface area contributed by atoms with Crippen LogP contribution in [-0.4, -0.2) is 39.0 Å². The van der Waals surface area contributed by atoms with Crippen molar-refractivity contribution < 1.29 is 0 Å². The molecule has 12 aromatic carbocycles. The van der Waals surface area contributed by atoms with Gasteiger partial charge in [0.05, 0.1) is 33.4 Å². The molecule has 4 aromatic heterocycles. The van der Waals surface area contributed by atoms with Gasteiger partial charge in [-0.3, -0.25) is 0 Å². The molecule has 0 amide bonds. The Labute approximate surface area is 496 Å². The molecule has 402 valence electrons. The fraction of sp³-hybridized carbons (Fsp3) is 0. The van der Waals surface area contributed by atoms with Crippen molar-refractivity contribution in [3.05, 3.63) is 303 Å². The van der Waals surface area contributed by atoms with Gasteiger partial charge in [0, 0.05) is 54.9 Å². The molecular formula is C78H50N8. The zero-order valence-corrected chi connectivity index (χ0v) is 46.4. The molecule has 0 fully saturated rings. The Balaban J connectivity index is 0.967. The van der Waals surface area contributed by atoms with Gasteiger partial charge in [0.2, 0.25) is 0 Å². The van der Waals surface area contributed by atoms with E-state index in [2.05, 4.69) is 240 Å². The summed E-state index contributed by atoms with van der Waals surface area (Å²) in [5, 5.41) is 4.58. The summed E-state index contributed by atoms with van der Waals surface area (Å²) in [6.07, 6.45) is 0. The van der Waals surface area contributed by atoms with Crippen LogP contribution in [0, 0.1) is 0 Å². The van der Waals surface area contributed by atoms with Crippen molar-refractivity contribution in [2.24, 2.45) is 0 Å². The smallest absolute Gasteiger partial charge is 0.166 e. The van der Waals surface area contributed by atoms with Crippen LogP contribution in [0.1, 0.15) is 0 Å². The van der Waals surface area contributed by atoms with E-state index in [1.54, 1.807) is 0 Å². The van der Waals surface area contributed by atoms with Gasteiger partial charge in [-0.15, -0.1) is 0 Å². The standard InChI is InChI=1S/C78H50N8/c1-7-23-51(24-8-1)57-39-43-69-63(47-57)61-35-19-21-37-67(61)85(69)71-45-41-59(49-65(71)77-81-73(53-27-11-3-12-28-53)79-74(82-77)54-29-13-4-14-30-54)60-42-46-72(86-68-38-22-20-36-62(68)64-48-58(40-44-70(64)86)52-25-9-2-10-26-52)66(50-60)78-83-75(55-31-15-5-16-32-55)80-76(84-78)56-33-17-6-18-34-56/h1-50H. The Morgan fingerprint density at radius 1 is 0.174 bits per heavy atom. The second kappa shape index (κ2) is 21.2. The van der Waals surface area contributed by atoms with E-state index in [1.165, 1.54) is 0 Å². The van der Waals surface area contributed by atoms with E-state index in [1.807, 2.05) is 72.8 Å². The van der Waals surface area contributed by atoms with E-state index < -0.39 is 0 Å². The van der Waals surface area contributed by atoms with Crippen LogP contribution >= 0.6 is 0 Å². The van der Waals surface area contributed by atoms with Gasteiger partial charge in [0.25, 0.3) is 0 Å². The highest BCUT2D eigenvalue weighted by Crippen LogP contribution is 2.43. The Hall–Kier alpha value is -11.7. The number of nitrogens with zero attached hydrogens (tertiary/aromatic N) is 8. The number of fused-ring (bicyclic) bond motifs is 6. The lowest BCUT2D eigenvalue weighted by molar-refractivity contribution is 1.06. The van der Waals surface area contributed by atoms with Crippen LogP contribution in [0.5, 0.6) is 0 Å². The first-order valence-corrected chi connectivity index (χ1v) is 28.8. The predicted octanol–water partition coefficient (Wildman–Crippen LogP) is 19.3. The largest absolute Gasteiger partial charge is 0.309 e. The van der Waals surface area contributed by atoms with Crippen molar-refractivity contribution >= 4 is 43.6 Å². The van der Waals surface area contributed by atoms with Gasteiger partial charge in [-0.2, -0.15) is 0 Å². The second-order valence-electron chi connectivity index (χ2n) is 21.4. The Kier molecular flexibility index (Phi) is 12.3. The zero-order valence-electron chi connectivity index (χ0n) is 46.4. The molecular weight excluding hydrogens is 1050 g/mol. The number of hydrogen-bond donors (Lipinski definition) is 0. The van der Waals surface area contributed by atoms with Crippen LogP contribution in [0.25, 0.3) is 157 Å². The molecule has 16 rings (SSSR count). The predicted molar refractivity (Wildman–Crippen MR) is 351 cm³/mol. The van der Waals surface area contributed by atoms with E-state index in [-0.39, 0.29) is 0 Å². The monoisotopic (exact) mass is 1100 g/mol. The van der Waals surface area contributed by atoms with Gasteiger partial charge < -0.3 is 9.13 Å². The van der Waals surface area contributed by atoms with Crippen molar-refractivity contribution in [2.75, 3.05) is 0 Å². The van der Waals surface area contributed by atoms with Crippen molar-refractivity contribution in [3.8, 4) is 113 Å². The van der Waals surface area contributed by atoms with E-state index in [0.717, 1.165) is 122 Å². The number of aromatic nitrogens is 8. The number of hydrogen-bond acceptors (Lipinski definition) is 6. The van der Waals surface area contributed by atoms with Crippen LogP contribution < -0.4 is 0 Å². The van der Waals surface area contributed by atoms with E-state index in [0.29, 0.717) is 34.9 Å². The number of rotatable bonds is 11. The third-order valence-electron chi connectivity index (χ3n) is 16.2. The minimum atomic E-state index is 0.538. The third-order valence-corrected chi connectivity index (χ3v) is 16.2. The molecule has 4 heterocycles. The maximum atomic E-state index is 5.43. The van der Waals surface area contributed by atoms with Gasteiger partial charge >= 0.3 is 0 Å². The average molecular weight is 1100 g/mol. The summed E-state index contributed by atoms with van der Waals surface area (Å²) in [5.41, 5.74) is 17.8. The van der Waals surface area contributed by atoms with Crippen LogP contribution in [0.3, 0.4) is 0 Å². The molecule has 16 aromatic rings. The lowest BCUT2D eigenvalue weighted by Crippen LogP contribution is -2.05. The van der Waals surface area contributed by atoms with Crippen LogP contribution in [-0.2, 0) is 0 Å². The first kappa shape index (κ1) is 50.0. The third kappa shape index (κ3) is 8.97. The highest BCUT2D eigenvalue weighted by atomic mass is 15.1. The molecule has 0 saturated heterocycles. The minimum absolute atomic E-state index is 0.538. The van der Waals surface area contributed by atoms with Crippen molar-refractivity contribution in [2.45, 2.75) is 0 Å². The van der Waals surface area contributed by atoms with E-state index in [9.17, 15) is 0 Å². The summed E-state index contributed by atoms with van der Waals surface area (Å²) in [7, 11) is 0. The van der Waals surface area contributed by atoms with Gasteiger partial charge in [0.15, 0.2) is 34.9 Å². The molecule has 0 bridgehead atoms. The van der Waals surface area contributed by atoms with E-state index >= 15 is 0 Å². The van der Waals surface area contributed by atoms with Gasteiger partial charge in [-0.05, 0) is 94.0 Å². The SMILES string of the molecule is c1ccc(-c2ccc3c(c2)c2ccccc2n3-c2ccc(-c3ccc(-n4c5ccccc5c5cc(-c6ccccc6)ccc54)c(-c4nc(-c5ccccc5)nc(-c5ccccc5)n4)c3)cc2-c2nc(-c3ccccc3)nc(-c3ccccc3)n2)cc1. The summed E-state index contributed by atoms with van der Waals surface area (Å²) in [6, 6.07) is 106. The molecule has 0 saturated carbocycles. The van der Waals surface area contributed by atoms with Crippen LogP contribution in [0.2, 0.25) is 0 Å². The molecule has 0 atom stereocenters. The zero-order chi connectivity index (χ0) is 56.9. The molecule has 0 unspecified atom stereocenters. The summed E-state index contributed by atoms with van der Waals surface area (Å²) in [6.45, 7) is 0. The quantitative estimate of drug-likeness (QED) is 0.128. The molecule has 0 spiro atoms. The summed E-state index contributed by atoms with van der Waals surface area (Å²) < 4.78 is 4.74. The van der Waals surface area contributed by atoms with E-state index in [4.69, 9.17) is 29.9 Å². The number of para-hydroxylation sites is 2. The van der Waals surface area contributed by atoms with Crippen molar-refractivity contribution in [1.29, 1.82) is 0 Å². The Morgan fingerprint density at radius 3 is 0.767 bits per heavy atom. The van der Waals surface area contributed by atoms with Crippen LogP contribution in [0.4, 0.5) is 0 Å². The highest BCUT2D eigenvalue weighted by Gasteiger charge is 2.24. The van der Waals surface area contributed by atoms with Crippen LogP contribution in [0.15, 0.2) is 303 Å². The van der Waals surface area contributed by atoms with Crippen molar-refractivity contribution in [1.82, 2.24) is 39.0 Å². The molecule has 0 radical (unpaired) electrons. The lowest BCUT2D eigenvalue weighted by atomic mass is 9.97. The van der Waals surface area contributed by atoms with Gasteiger partial charge in [-0.25, -0.2) is 29.9 Å². The number of benzene rings is 12. The molecule has 0 aliphatic carbocycles. The average Bonchev–Trinajstić information content (AvgIpc) is 1.83. The fourth-order valence-corrected chi connectivity index (χ4v) is 12.1. The summed E-state index contributed by atoms with van der Waals surface area (Å²) >= 11 is 0. The molecule has 0 aliphatic heterocycles. The topological polar surface area (TPSA) is 87.2 Å². The maximum Gasteiger partial charge on any atom is 0.166 e. The fourth-order valence-electron chi connectivity index (χ4n) is 12.1. The molecule has 8 nitrogen and oxygen atoms in total.